The molecule has 1 saturated carbocycles. The summed E-state index contributed by atoms with van der Waals surface area (Å²) in [7, 11) is 0. The van der Waals surface area contributed by atoms with Crippen LogP contribution in [0.2, 0.25) is 0 Å². The minimum atomic E-state index is -1.93. The molecule has 6 rings (SSSR count). The molecule has 3 amide bonds. The van der Waals surface area contributed by atoms with E-state index >= 15 is 4.79 Å². The van der Waals surface area contributed by atoms with E-state index in [1.165, 1.54) is 25.0 Å². The summed E-state index contributed by atoms with van der Waals surface area (Å²) in [6.07, 6.45) is 2.19. The zero-order valence-corrected chi connectivity index (χ0v) is 38.1. The fourth-order valence-corrected chi connectivity index (χ4v) is 7.94. The SMILES string of the molecule is Cc1ccc(CCN(C(=O)C2=C(c3ccc(CCOc4c(C)ccc(C)c4C)cc3)CC3CN(C(=O)OC(C)(C)C)CC2N3C(=O)OC(C)(C)C(Cl)(Cl)Cl)C2CC2)cc1. The standard InChI is InChI=1S/C47H58Cl3N3O6/c1-29-10-14-33(15-11-29)22-24-52(36-20-21-36)42(54)40-38(35-18-16-34(17-19-35)23-25-57-41-31(3)13-12-30(2)32(41)4)26-37-27-51(43(55)58-45(5,6)7)28-39(40)53(37)44(56)59-46(8,9)47(48,49)50/h10-19,36-37,39H,20-28H2,1-9H3. The number of benzene rings is 3. The van der Waals surface area contributed by atoms with Crippen molar-refractivity contribution in [1.29, 1.82) is 0 Å². The van der Waals surface area contributed by atoms with Gasteiger partial charge < -0.3 is 24.0 Å². The summed E-state index contributed by atoms with van der Waals surface area (Å²) >= 11 is 18.9. The summed E-state index contributed by atoms with van der Waals surface area (Å²) in [6.45, 7) is 18.0. The van der Waals surface area contributed by atoms with Gasteiger partial charge in [-0.3, -0.25) is 9.69 Å². The minimum absolute atomic E-state index is 0.0168. The fourth-order valence-electron chi connectivity index (χ4n) is 7.82. The third kappa shape index (κ3) is 10.5. The average molecular weight is 867 g/mol. The second-order valence-corrected chi connectivity index (χ2v) is 20.1. The first-order valence-corrected chi connectivity index (χ1v) is 21.7. The van der Waals surface area contributed by atoms with Crippen molar-refractivity contribution in [3.05, 3.63) is 105 Å². The molecule has 3 aromatic carbocycles. The summed E-state index contributed by atoms with van der Waals surface area (Å²) < 4.78 is 16.1. The van der Waals surface area contributed by atoms with E-state index in [0.29, 0.717) is 31.6 Å². The van der Waals surface area contributed by atoms with Gasteiger partial charge in [-0.2, -0.15) is 0 Å². The van der Waals surface area contributed by atoms with Gasteiger partial charge in [-0.25, -0.2) is 9.59 Å². The largest absolute Gasteiger partial charge is 0.493 e. The molecule has 3 aliphatic rings. The van der Waals surface area contributed by atoms with Gasteiger partial charge in [0.25, 0.3) is 5.91 Å². The smallest absolute Gasteiger partial charge is 0.411 e. The highest BCUT2D eigenvalue weighted by atomic mass is 35.6. The Kier molecular flexibility index (Phi) is 13.3. The van der Waals surface area contributed by atoms with Gasteiger partial charge in [-0.1, -0.05) is 101 Å². The predicted octanol–water partition coefficient (Wildman–Crippen LogP) is 10.5. The van der Waals surface area contributed by atoms with Crippen molar-refractivity contribution in [2.24, 2.45) is 0 Å². The van der Waals surface area contributed by atoms with Crippen molar-refractivity contribution in [2.45, 2.75) is 128 Å². The lowest BCUT2D eigenvalue weighted by molar-refractivity contribution is -0.129. The Morgan fingerprint density at radius 3 is 1.98 bits per heavy atom. The second-order valence-electron chi connectivity index (χ2n) is 17.8. The van der Waals surface area contributed by atoms with E-state index < -0.39 is 39.3 Å². The van der Waals surface area contributed by atoms with E-state index in [1.54, 1.807) is 9.80 Å². The average Bonchev–Trinajstić information content (AvgIpc) is 3.99. The van der Waals surface area contributed by atoms with Crippen LogP contribution < -0.4 is 4.74 Å². The summed E-state index contributed by atoms with van der Waals surface area (Å²) in [6, 6.07) is 19.4. The number of carbonyl (C=O) groups excluding carboxylic acids is 3. The number of halogens is 3. The number of hydrogen-bond acceptors (Lipinski definition) is 6. The molecule has 318 valence electrons. The van der Waals surface area contributed by atoms with E-state index in [9.17, 15) is 9.59 Å². The molecule has 1 aliphatic carbocycles. The number of nitrogens with zero attached hydrogens (tertiary/aromatic N) is 3. The molecular weight excluding hydrogens is 809 g/mol. The number of piperazine rings is 1. The third-order valence-corrected chi connectivity index (χ3v) is 13.0. The molecule has 0 spiro atoms. The number of aryl methyl sites for hydroxylation is 3. The number of hydrogen-bond donors (Lipinski definition) is 0. The van der Waals surface area contributed by atoms with Crippen molar-refractivity contribution in [3.63, 3.8) is 0 Å². The molecule has 0 N–H and O–H groups in total. The van der Waals surface area contributed by atoms with Crippen molar-refractivity contribution >= 4 is 58.5 Å². The first kappa shape index (κ1) is 44.6. The molecular formula is C47H58Cl3N3O6. The van der Waals surface area contributed by atoms with E-state index in [1.807, 2.05) is 25.7 Å². The van der Waals surface area contributed by atoms with Gasteiger partial charge >= 0.3 is 12.2 Å². The van der Waals surface area contributed by atoms with Crippen LogP contribution in [0.4, 0.5) is 9.59 Å². The highest BCUT2D eigenvalue weighted by Crippen LogP contribution is 2.44. The van der Waals surface area contributed by atoms with Crippen molar-refractivity contribution in [2.75, 3.05) is 26.2 Å². The normalized spacial score (nSPS) is 18.4. The zero-order chi connectivity index (χ0) is 43.0. The van der Waals surface area contributed by atoms with Crippen LogP contribution >= 0.6 is 34.8 Å². The van der Waals surface area contributed by atoms with Gasteiger partial charge in [0.15, 0.2) is 5.60 Å². The van der Waals surface area contributed by atoms with Crippen molar-refractivity contribution in [3.8, 4) is 5.75 Å². The molecule has 3 aromatic rings. The van der Waals surface area contributed by atoms with Gasteiger partial charge in [0, 0.05) is 37.7 Å². The molecule has 2 heterocycles. The Hall–Kier alpha value is -3.92. The Morgan fingerprint density at radius 1 is 0.763 bits per heavy atom. The molecule has 2 bridgehead atoms. The van der Waals surface area contributed by atoms with Crippen LogP contribution in [0.5, 0.6) is 5.75 Å². The minimum Gasteiger partial charge on any atom is -0.493 e. The molecule has 0 aromatic heterocycles. The van der Waals surface area contributed by atoms with Gasteiger partial charge in [-0.15, -0.1) is 0 Å². The Labute approximate surface area is 364 Å². The zero-order valence-electron chi connectivity index (χ0n) is 35.8. The second kappa shape index (κ2) is 17.6. The van der Waals surface area contributed by atoms with Crippen molar-refractivity contribution in [1.82, 2.24) is 14.7 Å². The maximum Gasteiger partial charge on any atom is 0.411 e. The highest BCUT2D eigenvalue weighted by molar-refractivity contribution is 6.68. The lowest BCUT2D eigenvalue weighted by Gasteiger charge is -2.51. The number of alkyl halides is 3. The summed E-state index contributed by atoms with van der Waals surface area (Å²) in [5.74, 6) is 0.760. The lowest BCUT2D eigenvalue weighted by atomic mass is 9.81. The number of ether oxygens (including phenoxy) is 3. The molecule has 0 radical (unpaired) electrons. The third-order valence-electron chi connectivity index (χ3n) is 11.6. The molecule has 1 saturated heterocycles. The summed E-state index contributed by atoms with van der Waals surface area (Å²) in [4.78, 5) is 48.6. The molecule has 2 fully saturated rings. The van der Waals surface area contributed by atoms with E-state index in [2.05, 4.69) is 88.4 Å². The van der Waals surface area contributed by atoms with Crippen LogP contribution in [0.25, 0.3) is 5.57 Å². The molecule has 2 unspecified atom stereocenters. The van der Waals surface area contributed by atoms with Gasteiger partial charge in [-0.05, 0) is 127 Å². The van der Waals surface area contributed by atoms with Gasteiger partial charge in [0.05, 0.1) is 18.7 Å². The molecule has 2 aliphatic heterocycles. The number of rotatable bonds is 11. The highest BCUT2D eigenvalue weighted by Gasteiger charge is 2.52. The Bertz CT molecular complexity index is 2070. The monoisotopic (exact) mass is 865 g/mol. The first-order valence-electron chi connectivity index (χ1n) is 20.6. The Balaban J connectivity index is 1.38. The topological polar surface area (TPSA) is 88.6 Å². The maximum absolute atomic E-state index is 15.4. The van der Waals surface area contributed by atoms with Crippen LogP contribution in [-0.2, 0) is 27.1 Å². The molecule has 2 atom stereocenters. The van der Waals surface area contributed by atoms with Crippen LogP contribution in [0.1, 0.15) is 92.8 Å². The van der Waals surface area contributed by atoms with Crippen LogP contribution in [0.3, 0.4) is 0 Å². The quantitative estimate of drug-likeness (QED) is 0.178. The van der Waals surface area contributed by atoms with Crippen LogP contribution in [-0.4, -0.2) is 92.2 Å². The Morgan fingerprint density at radius 2 is 1.37 bits per heavy atom. The maximum atomic E-state index is 15.4. The lowest BCUT2D eigenvalue weighted by Crippen LogP contribution is -2.66. The molecule has 9 nitrogen and oxygen atoms in total. The number of carbonyl (C=O) groups is 3. The number of fused-ring (bicyclic) bond motifs is 2. The van der Waals surface area contributed by atoms with Crippen molar-refractivity contribution < 1.29 is 28.6 Å². The summed E-state index contributed by atoms with van der Waals surface area (Å²) in [5, 5.41) is 0. The summed E-state index contributed by atoms with van der Waals surface area (Å²) in [5.41, 5.74) is 6.75. The van der Waals surface area contributed by atoms with E-state index in [0.717, 1.165) is 52.0 Å². The fraction of sp³-hybridized carbons (Fsp3) is 0.511. The first-order chi connectivity index (χ1) is 27.6. The molecule has 12 heteroatoms. The van der Waals surface area contributed by atoms with Gasteiger partial charge in [0.2, 0.25) is 3.79 Å². The van der Waals surface area contributed by atoms with E-state index in [4.69, 9.17) is 49.0 Å². The number of amides is 3. The van der Waals surface area contributed by atoms with E-state index in [-0.39, 0.29) is 31.5 Å². The van der Waals surface area contributed by atoms with Gasteiger partial charge in [0.1, 0.15) is 11.4 Å². The predicted molar refractivity (Wildman–Crippen MR) is 236 cm³/mol. The van der Waals surface area contributed by atoms with Crippen LogP contribution in [0.15, 0.2) is 66.2 Å². The van der Waals surface area contributed by atoms with Crippen LogP contribution in [0, 0.1) is 27.7 Å². The molecule has 59 heavy (non-hydrogen) atoms.